The number of allylic oxidation sites excluding steroid dienone is 4. The molecule has 0 amide bonds. The second-order valence-corrected chi connectivity index (χ2v) is 5.14. The second-order valence-electron chi connectivity index (χ2n) is 5.14. The van der Waals surface area contributed by atoms with Crippen molar-refractivity contribution in [2.45, 2.75) is 53.0 Å². The van der Waals surface area contributed by atoms with Crippen LogP contribution in [-0.2, 0) is 7.05 Å². The maximum Gasteiger partial charge on any atom is 0.347 e. The van der Waals surface area contributed by atoms with E-state index >= 15 is 0 Å². The molecule has 0 radical (unpaired) electrons. The molecule has 0 spiro atoms. The predicted molar refractivity (Wildman–Crippen MR) is 82.0 cm³/mol. The normalized spacial score (nSPS) is 14.7. The summed E-state index contributed by atoms with van der Waals surface area (Å²) in [6.45, 7) is 8.25. The van der Waals surface area contributed by atoms with Crippen molar-refractivity contribution < 1.29 is 0 Å². The summed E-state index contributed by atoms with van der Waals surface area (Å²) in [5, 5.41) is 2.61. The summed E-state index contributed by atoms with van der Waals surface area (Å²) in [5.41, 5.74) is 1.78. The highest BCUT2D eigenvalue weighted by molar-refractivity contribution is 5.10. The molecule has 112 valence electrons. The lowest BCUT2D eigenvalue weighted by Gasteiger charge is -2.15. The number of aromatic nitrogens is 3. The van der Waals surface area contributed by atoms with Gasteiger partial charge in [-0.2, -0.15) is 0 Å². The molecule has 0 fully saturated rings. The van der Waals surface area contributed by atoms with Crippen molar-refractivity contribution in [2.24, 2.45) is 7.05 Å². The van der Waals surface area contributed by atoms with Gasteiger partial charge in [0.05, 0.1) is 6.04 Å². The van der Waals surface area contributed by atoms with Gasteiger partial charge >= 0.3 is 11.4 Å². The van der Waals surface area contributed by atoms with Crippen LogP contribution in [0.3, 0.4) is 0 Å². The molecule has 0 aromatic carbocycles. The lowest BCUT2D eigenvalue weighted by molar-refractivity contribution is 0.478. The molecule has 1 aromatic rings. The molecule has 1 atom stereocenters. The summed E-state index contributed by atoms with van der Waals surface area (Å²) >= 11 is 0. The van der Waals surface area contributed by atoms with Crippen molar-refractivity contribution >= 4 is 0 Å². The molecular formula is C15H25N3O2. The standard InChI is InChI=1S/C15H25N3O2/c1-6-11(3)9-8-10-12(4)13(7-2)18-15(20)17(5)14(19)16-18/h9-10,13H,6-8H2,1-5H3,(H,16,19)/b11-9-,12-10+. The summed E-state index contributed by atoms with van der Waals surface area (Å²) in [7, 11) is 1.48. The van der Waals surface area contributed by atoms with Gasteiger partial charge in [-0.05, 0) is 33.1 Å². The molecule has 0 bridgehead atoms. The Balaban J connectivity index is 3.01. The Bertz CT molecular complexity index is 614. The summed E-state index contributed by atoms with van der Waals surface area (Å²) in [6, 6.07) is -0.0910. The molecule has 1 aromatic heterocycles. The highest BCUT2D eigenvalue weighted by atomic mass is 16.2. The smallest absolute Gasteiger partial charge is 0.246 e. The number of hydrogen-bond acceptors (Lipinski definition) is 2. The molecule has 5 nitrogen and oxygen atoms in total. The summed E-state index contributed by atoms with van der Waals surface area (Å²) in [5.74, 6) is 0. The van der Waals surface area contributed by atoms with E-state index in [1.165, 1.54) is 17.3 Å². The number of nitrogens with zero attached hydrogens (tertiary/aromatic N) is 2. The molecule has 1 heterocycles. The van der Waals surface area contributed by atoms with Gasteiger partial charge in [0, 0.05) is 7.05 Å². The maximum atomic E-state index is 12.0. The van der Waals surface area contributed by atoms with Gasteiger partial charge in [-0.3, -0.25) is 0 Å². The van der Waals surface area contributed by atoms with Crippen molar-refractivity contribution in [1.29, 1.82) is 0 Å². The minimum atomic E-state index is -0.372. The van der Waals surface area contributed by atoms with E-state index in [1.54, 1.807) is 0 Å². The molecule has 1 unspecified atom stereocenters. The molecule has 0 saturated heterocycles. The molecule has 0 aliphatic heterocycles. The molecule has 0 aliphatic rings. The third kappa shape index (κ3) is 3.62. The average Bonchev–Trinajstić information content (AvgIpc) is 2.67. The Kier molecular flexibility index (Phi) is 5.80. The largest absolute Gasteiger partial charge is 0.347 e. The third-order valence-corrected chi connectivity index (χ3v) is 3.70. The van der Waals surface area contributed by atoms with E-state index in [4.69, 9.17) is 0 Å². The van der Waals surface area contributed by atoms with Crippen LogP contribution in [-0.4, -0.2) is 14.3 Å². The number of aromatic amines is 1. The predicted octanol–water partition coefficient (Wildman–Crippen LogP) is 2.52. The van der Waals surface area contributed by atoms with Crippen molar-refractivity contribution in [3.63, 3.8) is 0 Å². The van der Waals surface area contributed by atoms with Crippen LogP contribution >= 0.6 is 0 Å². The SMILES string of the molecule is CC/C(C)=C\C/C=C(\C)C(CC)n1[nH]c(=O)n(C)c1=O. The Hall–Kier alpha value is -1.78. The third-order valence-electron chi connectivity index (χ3n) is 3.70. The van der Waals surface area contributed by atoms with Gasteiger partial charge in [0.15, 0.2) is 0 Å². The van der Waals surface area contributed by atoms with Crippen molar-refractivity contribution in [3.05, 3.63) is 44.3 Å². The van der Waals surface area contributed by atoms with E-state index in [1.807, 2.05) is 13.8 Å². The zero-order chi connectivity index (χ0) is 15.3. The number of rotatable bonds is 6. The van der Waals surface area contributed by atoms with Crippen LogP contribution in [0.5, 0.6) is 0 Å². The zero-order valence-corrected chi connectivity index (χ0v) is 13.1. The monoisotopic (exact) mass is 279 g/mol. The molecule has 1 N–H and O–H groups in total. The van der Waals surface area contributed by atoms with E-state index in [0.717, 1.165) is 29.4 Å². The summed E-state index contributed by atoms with van der Waals surface area (Å²) < 4.78 is 2.52. The van der Waals surface area contributed by atoms with Gasteiger partial charge in [0.1, 0.15) is 0 Å². The van der Waals surface area contributed by atoms with Crippen LogP contribution in [0.1, 0.15) is 53.0 Å². The summed E-state index contributed by atoms with van der Waals surface area (Å²) in [6.07, 6.45) is 6.97. The second kappa shape index (κ2) is 7.12. The first-order chi connectivity index (χ1) is 9.42. The molecule has 20 heavy (non-hydrogen) atoms. The van der Waals surface area contributed by atoms with Crippen LogP contribution < -0.4 is 11.4 Å². The minimum Gasteiger partial charge on any atom is -0.246 e. The number of nitrogens with one attached hydrogen (secondary N) is 1. The lowest BCUT2D eigenvalue weighted by Crippen LogP contribution is -2.28. The minimum absolute atomic E-state index is 0.0910. The Morgan fingerprint density at radius 2 is 1.90 bits per heavy atom. The molecule has 0 saturated carbocycles. The lowest BCUT2D eigenvalue weighted by atomic mass is 10.0. The van der Waals surface area contributed by atoms with E-state index in [-0.39, 0.29) is 17.4 Å². The fourth-order valence-electron chi connectivity index (χ4n) is 2.12. The van der Waals surface area contributed by atoms with E-state index in [9.17, 15) is 9.59 Å². The van der Waals surface area contributed by atoms with Crippen LogP contribution in [0.15, 0.2) is 32.9 Å². The van der Waals surface area contributed by atoms with E-state index in [0.29, 0.717) is 0 Å². The Labute approximate surface area is 119 Å². The van der Waals surface area contributed by atoms with Crippen molar-refractivity contribution in [2.75, 3.05) is 0 Å². The molecule has 0 aliphatic carbocycles. The average molecular weight is 279 g/mol. The topological polar surface area (TPSA) is 59.8 Å². The highest BCUT2D eigenvalue weighted by Crippen LogP contribution is 2.18. The fourth-order valence-corrected chi connectivity index (χ4v) is 2.12. The Morgan fingerprint density at radius 3 is 2.35 bits per heavy atom. The van der Waals surface area contributed by atoms with Crippen LogP contribution in [0.2, 0.25) is 0 Å². The van der Waals surface area contributed by atoms with Crippen LogP contribution in [0.4, 0.5) is 0 Å². The highest BCUT2D eigenvalue weighted by Gasteiger charge is 2.16. The van der Waals surface area contributed by atoms with Gasteiger partial charge in [-0.15, -0.1) is 0 Å². The molecular weight excluding hydrogens is 254 g/mol. The number of H-pyrrole nitrogens is 1. The van der Waals surface area contributed by atoms with Gasteiger partial charge < -0.3 is 0 Å². The van der Waals surface area contributed by atoms with E-state index in [2.05, 4.69) is 31.1 Å². The van der Waals surface area contributed by atoms with Gasteiger partial charge in [0.2, 0.25) is 0 Å². The molecule has 1 rings (SSSR count). The van der Waals surface area contributed by atoms with Gasteiger partial charge in [0.25, 0.3) is 0 Å². The van der Waals surface area contributed by atoms with Crippen LogP contribution in [0, 0.1) is 0 Å². The van der Waals surface area contributed by atoms with E-state index < -0.39 is 0 Å². The zero-order valence-electron chi connectivity index (χ0n) is 13.1. The van der Waals surface area contributed by atoms with Crippen molar-refractivity contribution in [3.8, 4) is 0 Å². The fraction of sp³-hybridized carbons (Fsp3) is 0.600. The van der Waals surface area contributed by atoms with Crippen LogP contribution in [0.25, 0.3) is 0 Å². The first-order valence-electron chi connectivity index (χ1n) is 7.12. The summed E-state index contributed by atoms with van der Waals surface area (Å²) in [4.78, 5) is 23.5. The van der Waals surface area contributed by atoms with Gasteiger partial charge in [-0.25, -0.2) is 23.9 Å². The quantitative estimate of drug-likeness (QED) is 0.813. The first-order valence-corrected chi connectivity index (χ1v) is 7.12. The Morgan fingerprint density at radius 1 is 1.25 bits per heavy atom. The van der Waals surface area contributed by atoms with Gasteiger partial charge in [-0.1, -0.05) is 37.1 Å². The number of hydrogen-bond donors (Lipinski definition) is 1. The molecule has 5 heteroatoms. The maximum absolute atomic E-state index is 12.0. The first kappa shape index (κ1) is 16.3. The van der Waals surface area contributed by atoms with Crippen molar-refractivity contribution in [1.82, 2.24) is 14.3 Å².